The second kappa shape index (κ2) is 6.68. The summed E-state index contributed by atoms with van der Waals surface area (Å²) in [7, 11) is 0. The Kier molecular flexibility index (Phi) is 3.16. The minimum atomic E-state index is -0.140. The van der Waals surface area contributed by atoms with Crippen LogP contribution in [0, 0.1) is 6.92 Å². The summed E-state index contributed by atoms with van der Waals surface area (Å²) in [5.41, 5.74) is 1.24. The molecule has 3 nitrogen and oxygen atoms in total. The molecule has 0 atom stereocenters. The van der Waals surface area contributed by atoms with E-state index in [0.717, 1.165) is 16.3 Å². The van der Waals surface area contributed by atoms with E-state index in [4.69, 9.17) is 5.48 Å². The van der Waals surface area contributed by atoms with Crippen molar-refractivity contribution in [2.75, 3.05) is 0 Å². The Morgan fingerprint density at radius 3 is 2.27 bits per heavy atom. The molecule has 3 heteroatoms. The fraction of sp³-hybridized carbons (Fsp3) is 0.174. The smallest absolute Gasteiger partial charge is 0.164 e. The molecular weight excluding hydrogens is 318 g/mol. The van der Waals surface area contributed by atoms with E-state index in [-0.39, 0.29) is 41.5 Å². The van der Waals surface area contributed by atoms with Crippen LogP contribution in [0.2, 0.25) is 0 Å². The first kappa shape index (κ1) is 12.3. The van der Waals surface area contributed by atoms with Gasteiger partial charge in [0.25, 0.3) is 0 Å². The van der Waals surface area contributed by atoms with Crippen LogP contribution in [0.5, 0.6) is 0 Å². The summed E-state index contributed by atoms with van der Waals surface area (Å²) < 4.78 is 33.2. The Morgan fingerprint density at radius 1 is 0.808 bits per heavy atom. The molecule has 1 aromatic heterocycles. The monoisotopic (exact) mass is 343 g/mol. The summed E-state index contributed by atoms with van der Waals surface area (Å²) in [6.07, 6.45) is 0. The van der Waals surface area contributed by atoms with Gasteiger partial charge in [-0.1, -0.05) is 86.0 Å². The van der Waals surface area contributed by atoms with Gasteiger partial charge in [0.2, 0.25) is 0 Å². The second-order valence-corrected chi connectivity index (χ2v) is 6.52. The maximum absolute atomic E-state index is 8.40. The standard InChI is InChI=1S/C23H21N3/c1-15(2)21-24-22(18-13-11-16(3)12-14-18)26-23(25-21)20-10-6-8-17-7-4-5-9-19(17)20/h4-15H,1-3H3/i11D,12D,13D,14D. The number of hydrogen-bond donors (Lipinski definition) is 0. The average molecular weight is 343 g/mol. The minimum absolute atomic E-state index is 0.000219. The number of aromatic nitrogens is 3. The lowest BCUT2D eigenvalue weighted by molar-refractivity contribution is 0.766. The highest BCUT2D eigenvalue weighted by Gasteiger charge is 2.14. The van der Waals surface area contributed by atoms with Gasteiger partial charge in [-0.3, -0.25) is 0 Å². The Hall–Kier alpha value is -3.07. The van der Waals surface area contributed by atoms with Crippen LogP contribution in [0.4, 0.5) is 0 Å². The number of fused-ring (bicyclic) bond motifs is 1. The van der Waals surface area contributed by atoms with Crippen molar-refractivity contribution in [3.05, 3.63) is 78.0 Å². The molecule has 0 radical (unpaired) electrons. The molecule has 0 saturated carbocycles. The minimum Gasteiger partial charge on any atom is -0.213 e. The molecule has 26 heavy (non-hydrogen) atoms. The van der Waals surface area contributed by atoms with Gasteiger partial charge >= 0.3 is 0 Å². The maximum atomic E-state index is 8.40. The van der Waals surface area contributed by atoms with Crippen molar-refractivity contribution >= 4 is 10.8 Å². The van der Waals surface area contributed by atoms with Crippen molar-refractivity contribution in [2.24, 2.45) is 0 Å². The van der Waals surface area contributed by atoms with E-state index in [1.807, 2.05) is 56.3 Å². The van der Waals surface area contributed by atoms with E-state index in [1.165, 1.54) is 0 Å². The first-order chi connectivity index (χ1) is 14.3. The zero-order valence-corrected chi connectivity index (χ0v) is 15.0. The number of benzene rings is 3. The molecule has 4 aromatic rings. The van der Waals surface area contributed by atoms with Crippen molar-refractivity contribution in [2.45, 2.75) is 26.7 Å². The molecule has 0 spiro atoms. The van der Waals surface area contributed by atoms with E-state index in [9.17, 15) is 0 Å². The van der Waals surface area contributed by atoms with Gasteiger partial charge in [0.15, 0.2) is 11.6 Å². The molecule has 1 heterocycles. The van der Waals surface area contributed by atoms with Gasteiger partial charge in [-0.05, 0) is 17.7 Å². The van der Waals surface area contributed by atoms with Crippen molar-refractivity contribution in [3.8, 4) is 22.8 Å². The van der Waals surface area contributed by atoms with E-state index in [0.29, 0.717) is 17.2 Å². The average Bonchev–Trinajstić information content (AvgIpc) is 2.76. The highest BCUT2D eigenvalue weighted by molar-refractivity contribution is 5.95. The van der Waals surface area contributed by atoms with Gasteiger partial charge in [0, 0.05) is 17.0 Å². The maximum Gasteiger partial charge on any atom is 0.164 e. The zero-order chi connectivity index (χ0) is 21.6. The molecule has 3 aromatic carbocycles. The molecule has 4 rings (SSSR count). The summed E-state index contributed by atoms with van der Waals surface area (Å²) in [6.45, 7) is 5.52. The number of rotatable bonds is 3. The summed E-state index contributed by atoms with van der Waals surface area (Å²) in [4.78, 5) is 13.8. The van der Waals surface area contributed by atoms with E-state index < -0.39 is 0 Å². The molecule has 0 aliphatic heterocycles. The largest absolute Gasteiger partial charge is 0.213 e. The Morgan fingerprint density at radius 2 is 1.50 bits per heavy atom. The molecule has 0 amide bonds. The van der Waals surface area contributed by atoms with Crippen LogP contribution in [-0.4, -0.2) is 15.0 Å². The quantitative estimate of drug-likeness (QED) is 0.472. The molecule has 0 bridgehead atoms. The molecule has 0 saturated heterocycles. The van der Waals surface area contributed by atoms with Gasteiger partial charge in [-0.25, -0.2) is 15.0 Å². The highest BCUT2D eigenvalue weighted by Crippen LogP contribution is 2.28. The van der Waals surface area contributed by atoms with Crippen LogP contribution >= 0.6 is 0 Å². The molecule has 0 unspecified atom stereocenters. The lowest BCUT2D eigenvalue weighted by Crippen LogP contribution is -2.04. The van der Waals surface area contributed by atoms with E-state index >= 15 is 0 Å². The Balaban J connectivity index is 2.04. The predicted octanol–water partition coefficient (Wildman–Crippen LogP) is 5.79. The first-order valence-corrected chi connectivity index (χ1v) is 8.61. The third-order valence-corrected chi connectivity index (χ3v) is 4.17. The number of hydrogen-bond acceptors (Lipinski definition) is 3. The Bertz CT molecular complexity index is 1250. The predicted molar refractivity (Wildman–Crippen MR) is 107 cm³/mol. The van der Waals surface area contributed by atoms with Crippen molar-refractivity contribution in [1.29, 1.82) is 0 Å². The van der Waals surface area contributed by atoms with Gasteiger partial charge in [-0.15, -0.1) is 0 Å². The van der Waals surface area contributed by atoms with Crippen LogP contribution in [0.1, 0.15) is 36.6 Å². The van der Waals surface area contributed by atoms with Gasteiger partial charge in [0.05, 0.1) is 5.48 Å². The topological polar surface area (TPSA) is 38.7 Å². The van der Waals surface area contributed by atoms with Gasteiger partial charge in [0.1, 0.15) is 5.82 Å². The SMILES string of the molecule is [2H]c1c([2H])c(-c2nc(-c3cccc4ccccc34)nc(C(C)C)n2)c([2H])c([2H])c1C. The van der Waals surface area contributed by atoms with Crippen LogP contribution in [0.3, 0.4) is 0 Å². The summed E-state index contributed by atoms with van der Waals surface area (Å²) >= 11 is 0. The second-order valence-electron chi connectivity index (χ2n) is 6.52. The van der Waals surface area contributed by atoms with Crippen molar-refractivity contribution < 1.29 is 5.48 Å². The van der Waals surface area contributed by atoms with Crippen LogP contribution in [-0.2, 0) is 0 Å². The van der Waals surface area contributed by atoms with Crippen molar-refractivity contribution in [3.63, 3.8) is 0 Å². The summed E-state index contributed by atoms with van der Waals surface area (Å²) in [5, 5.41) is 2.05. The molecule has 0 N–H and O–H groups in total. The van der Waals surface area contributed by atoms with Crippen LogP contribution < -0.4 is 0 Å². The van der Waals surface area contributed by atoms with Crippen LogP contribution in [0.15, 0.2) is 66.6 Å². The molecule has 128 valence electrons. The van der Waals surface area contributed by atoms with E-state index in [1.54, 1.807) is 6.92 Å². The molecule has 0 aliphatic rings. The van der Waals surface area contributed by atoms with E-state index in [2.05, 4.69) is 15.0 Å². The molecular formula is C23H21N3. The normalized spacial score (nSPS) is 13.4. The summed E-state index contributed by atoms with van der Waals surface area (Å²) in [6, 6.07) is 13.4. The lowest BCUT2D eigenvalue weighted by Gasteiger charge is -2.11. The third kappa shape index (κ3) is 3.08. The third-order valence-electron chi connectivity index (χ3n) is 4.17. The lowest BCUT2D eigenvalue weighted by atomic mass is 10.0. The fourth-order valence-corrected chi connectivity index (χ4v) is 2.79. The molecule has 0 aliphatic carbocycles. The summed E-state index contributed by atoms with van der Waals surface area (Å²) in [5.74, 6) is 1.16. The molecule has 0 fully saturated rings. The van der Waals surface area contributed by atoms with Crippen molar-refractivity contribution in [1.82, 2.24) is 15.0 Å². The van der Waals surface area contributed by atoms with Gasteiger partial charge in [-0.2, -0.15) is 0 Å². The van der Waals surface area contributed by atoms with Crippen LogP contribution in [0.25, 0.3) is 33.5 Å². The highest BCUT2D eigenvalue weighted by atomic mass is 15.0. The zero-order valence-electron chi connectivity index (χ0n) is 19.0. The van der Waals surface area contributed by atoms with Gasteiger partial charge < -0.3 is 0 Å². The fourth-order valence-electron chi connectivity index (χ4n) is 2.79. The Labute approximate surface area is 159 Å². The first-order valence-electron chi connectivity index (χ1n) is 10.6. The number of nitrogens with zero attached hydrogens (tertiary/aromatic N) is 3.